The summed E-state index contributed by atoms with van der Waals surface area (Å²) in [7, 11) is -8.29. The lowest BCUT2D eigenvalue weighted by Gasteiger charge is -2.22. The maximum atomic E-state index is 14.6. The Morgan fingerprint density at radius 2 is 1.07 bits per heavy atom. The van der Waals surface area contributed by atoms with Gasteiger partial charge in [-0.3, -0.25) is 0 Å². The standard InChI is InChI=1S/C34H27NO4S3/c36-41(37,28-19-9-3-10-20-28)32(25-26-15-5-1-6-16-26)33-34(40-27-17-7-2-8-18-27)30-23-13-14-24-31(30)35(33)42(38,39)29-21-11-4-12-22-29/h1-24,32H,25H2. The van der Waals surface area contributed by atoms with E-state index in [1.165, 1.54) is 27.9 Å². The Balaban J connectivity index is 1.72. The predicted molar refractivity (Wildman–Crippen MR) is 168 cm³/mol. The number of hydrogen-bond acceptors (Lipinski definition) is 5. The van der Waals surface area contributed by atoms with E-state index in [1.807, 2.05) is 72.8 Å². The molecule has 0 radical (unpaired) electrons. The van der Waals surface area contributed by atoms with Gasteiger partial charge < -0.3 is 0 Å². The molecule has 0 saturated heterocycles. The number of benzene rings is 5. The van der Waals surface area contributed by atoms with Gasteiger partial charge in [0.15, 0.2) is 9.84 Å². The Bertz CT molecular complexity index is 2040. The average Bonchev–Trinajstić information content (AvgIpc) is 3.36. The minimum atomic E-state index is -4.21. The third-order valence-corrected chi connectivity index (χ3v) is 12.0. The van der Waals surface area contributed by atoms with E-state index in [-0.39, 0.29) is 21.9 Å². The molecule has 210 valence electrons. The minimum Gasteiger partial charge on any atom is -0.235 e. The fraction of sp³-hybridized carbons (Fsp3) is 0.0588. The van der Waals surface area contributed by atoms with Crippen molar-refractivity contribution in [3.8, 4) is 0 Å². The van der Waals surface area contributed by atoms with Crippen molar-refractivity contribution in [2.45, 2.75) is 31.3 Å². The van der Waals surface area contributed by atoms with E-state index in [9.17, 15) is 16.8 Å². The molecule has 0 saturated carbocycles. The highest BCUT2D eigenvalue weighted by Crippen LogP contribution is 2.46. The lowest BCUT2D eigenvalue weighted by molar-refractivity contribution is 0.572. The SMILES string of the molecule is O=S(=O)(c1ccccc1)C(Cc1ccccc1)c1c(Sc2ccccc2)c2ccccc2n1S(=O)(=O)c1ccccc1. The van der Waals surface area contributed by atoms with Crippen LogP contribution in [0.15, 0.2) is 165 Å². The number of para-hydroxylation sites is 1. The normalized spacial score (nSPS) is 12.8. The summed E-state index contributed by atoms with van der Waals surface area (Å²) < 4.78 is 59.5. The molecule has 0 aliphatic rings. The zero-order chi connectivity index (χ0) is 29.2. The molecule has 0 spiro atoms. The molecule has 0 N–H and O–H groups in total. The highest BCUT2D eigenvalue weighted by atomic mass is 32.2. The van der Waals surface area contributed by atoms with Crippen molar-refractivity contribution >= 4 is 42.5 Å². The van der Waals surface area contributed by atoms with E-state index in [1.54, 1.807) is 60.7 Å². The number of nitrogens with zero attached hydrogens (tertiary/aromatic N) is 1. The first-order chi connectivity index (χ1) is 20.4. The minimum absolute atomic E-state index is 0.0823. The third-order valence-electron chi connectivity index (χ3n) is 7.08. The van der Waals surface area contributed by atoms with Crippen LogP contribution in [0.1, 0.15) is 16.5 Å². The largest absolute Gasteiger partial charge is 0.268 e. The smallest absolute Gasteiger partial charge is 0.235 e. The van der Waals surface area contributed by atoms with Crippen molar-refractivity contribution in [3.63, 3.8) is 0 Å². The highest BCUT2D eigenvalue weighted by Gasteiger charge is 2.39. The molecule has 1 heterocycles. The summed E-state index contributed by atoms with van der Waals surface area (Å²) in [5, 5.41) is -0.540. The second-order valence-electron chi connectivity index (χ2n) is 9.77. The van der Waals surface area contributed by atoms with Crippen molar-refractivity contribution in [2.24, 2.45) is 0 Å². The molecule has 0 amide bonds. The molecular formula is C34H27NO4S3. The van der Waals surface area contributed by atoms with Gasteiger partial charge in [0.05, 0.1) is 21.0 Å². The lowest BCUT2D eigenvalue weighted by Crippen LogP contribution is -2.24. The summed E-state index contributed by atoms with van der Waals surface area (Å²) in [6.45, 7) is 0. The fourth-order valence-electron chi connectivity index (χ4n) is 5.11. The number of rotatable bonds is 9. The van der Waals surface area contributed by atoms with Crippen LogP contribution in [0.25, 0.3) is 10.9 Å². The Labute approximate surface area is 250 Å². The molecule has 42 heavy (non-hydrogen) atoms. The second kappa shape index (κ2) is 11.6. The van der Waals surface area contributed by atoms with Crippen molar-refractivity contribution < 1.29 is 16.8 Å². The fourth-order valence-corrected chi connectivity index (χ4v) is 9.86. The first-order valence-electron chi connectivity index (χ1n) is 13.4. The van der Waals surface area contributed by atoms with Gasteiger partial charge in [0.25, 0.3) is 10.0 Å². The summed E-state index contributed by atoms with van der Waals surface area (Å²) in [5.41, 5.74) is 1.43. The van der Waals surface area contributed by atoms with Crippen LogP contribution in [0.3, 0.4) is 0 Å². The lowest BCUT2D eigenvalue weighted by atomic mass is 10.1. The van der Waals surface area contributed by atoms with Gasteiger partial charge in [-0.05, 0) is 54.4 Å². The molecule has 6 rings (SSSR count). The molecule has 6 aromatic rings. The van der Waals surface area contributed by atoms with Gasteiger partial charge in [-0.2, -0.15) is 0 Å². The van der Waals surface area contributed by atoms with E-state index in [0.29, 0.717) is 15.8 Å². The maximum absolute atomic E-state index is 14.6. The first-order valence-corrected chi connectivity index (χ1v) is 17.2. The van der Waals surface area contributed by atoms with E-state index >= 15 is 0 Å². The third kappa shape index (κ3) is 5.29. The van der Waals surface area contributed by atoms with E-state index in [0.717, 1.165) is 10.5 Å². The molecule has 1 atom stereocenters. The molecule has 1 unspecified atom stereocenters. The van der Waals surface area contributed by atoms with Gasteiger partial charge in [0.2, 0.25) is 0 Å². The monoisotopic (exact) mass is 609 g/mol. The van der Waals surface area contributed by atoms with Gasteiger partial charge in [0.1, 0.15) is 5.25 Å². The molecule has 5 aromatic carbocycles. The van der Waals surface area contributed by atoms with E-state index < -0.39 is 25.1 Å². The van der Waals surface area contributed by atoms with Crippen LogP contribution in [0, 0.1) is 0 Å². The maximum Gasteiger partial charge on any atom is 0.268 e. The molecular weight excluding hydrogens is 583 g/mol. The zero-order valence-corrected chi connectivity index (χ0v) is 24.9. The van der Waals surface area contributed by atoms with Crippen LogP contribution >= 0.6 is 11.8 Å². The Kier molecular flexibility index (Phi) is 7.77. The van der Waals surface area contributed by atoms with Crippen molar-refractivity contribution in [3.05, 3.63) is 157 Å². The highest BCUT2D eigenvalue weighted by molar-refractivity contribution is 7.99. The molecule has 0 bridgehead atoms. The first kappa shape index (κ1) is 28.0. The van der Waals surface area contributed by atoms with Gasteiger partial charge in [-0.1, -0.05) is 115 Å². The predicted octanol–water partition coefficient (Wildman–Crippen LogP) is 7.79. The van der Waals surface area contributed by atoms with Crippen molar-refractivity contribution in [2.75, 3.05) is 0 Å². The van der Waals surface area contributed by atoms with Crippen LogP contribution in [-0.4, -0.2) is 20.8 Å². The number of fused-ring (bicyclic) bond motifs is 1. The summed E-state index contributed by atoms with van der Waals surface area (Å²) in [6.07, 6.45) is 0.0844. The average molecular weight is 610 g/mol. The Hall–Kier alpha value is -4.11. The van der Waals surface area contributed by atoms with Crippen molar-refractivity contribution in [1.29, 1.82) is 0 Å². The van der Waals surface area contributed by atoms with Gasteiger partial charge in [-0.25, -0.2) is 20.8 Å². The van der Waals surface area contributed by atoms with Crippen molar-refractivity contribution in [1.82, 2.24) is 3.97 Å². The van der Waals surface area contributed by atoms with E-state index in [2.05, 4.69) is 0 Å². The Morgan fingerprint density at radius 3 is 1.69 bits per heavy atom. The van der Waals surface area contributed by atoms with E-state index in [4.69, 9.17) is 0 Å². The van der Waals surface area contributed by atoms with Crippen LogP contribution in [-0.2, 0) is 26.3 Å². The molecule has 8 heteroatoms. The molecule has 0 aliphatic heterocycles. The number of aromatic nitrogens is 1. The molecule has 5 nitrogen and oxygen atoms in total. The van der Waals surface area contributed by atoms with Crippen LogP contribution in [0.5, 0.6) is 0 Å². The number of hydrogen-bond donors (Lipinski definition) is 0. The zero-order valence-electron chi connectivity index (χ0n) is 22.4. The van der Waals surface area contributed by atoms with Crippen LogP contribution in [0.4, 0.5) is 0 Å². The summed E-state index contributed by atoms with van der Waals surface area (Å²) in [6, 6.07) is 42.6. The van der Waals surface area contributed by atoms with Gasteiger partial charge in [0, 0.05) is 15.2 Å². The summed E-state index contributed by atoms with van der Waals surface area (Å²) in [5.74, 6) is 0. The Morgan fingerprint density at radius 1 is 0.571 bits per heavy atom. The van der Waals surface area contributed by atoms with Crippen LogP contribution < -0.4 is 0 Å². The van der Waals surface area contributed by atoms with Crippen LogP contribution in [0.2, 0.25) is 0 Å². The molecule has 1 aromatic heterocycles. The summed E-state index contributed by atoms with van der Waals surface area (Å²) >= 11 is 1.38. The van der Waals surface area contributed by atoms with Gasteiger partial charge >= 0.3 is 0 Å². The molecule has 0 fully saturated rings. The number of sulfone groups is 1. The topological polar surface area (TPSA) is 73.2 Å². The summed E-state index contributed by atoms with van der Waals surface area (Å²) in [4.78, 5) is 1.68. The molecule has 0 aliphatic carbocycles. The second-order valence-corrected chi connectivity index (χ2v) is 14.8. The quantitative estimate of drug-likeness (QED) is 0.167. The van der Waals surface area contributed by atoms with Gasteiger partial charge in [-0.15, -0.1) is 0 Å².